The molecule has 0 aromatic heterocycles. The van der Waals surface area contributed by atoms with Gasteiger partial charge in [-0.25, -0.2) is 0 Å². The first kappa shape index (κ1) is 13.9. The van der Waals surface area contributed by atoms with Crippen molar-refractivity contribution in [1.82, 2.24) is 10.6 Å². The number of nitrogens with one attached hydrogen (secondary N) is 2. The van der Waals surface area contributed by atoms with Crippen molar-refractivity contribution in [2.75, 3.05) is 26.2 Å². The van der Waals surface area contributed by atoms with Gasteiger partial charge in [0.2, 0.25) is 5.91 Å². The van der Waals surface area contributed by atoms with E-state index in [4.69, 9.17) is 4.74 Å². The van der Waals surface area contributed by atoms with Crippen molar-refractivity contribution in [3.05, 3.63) is 29.8 Å². The van der Waals surface area contributed by atoms with Crippen molar-refractivity contribution in [3.8, 4) is 5.75 Å². The molecule has 1 aliphatic heterocycles. The number of hydrogen-bond donors (Lipinski definition) is 2. The van der Waals surface area contributed by atoms with Gasteiger partial charge in [0, 0.05) is 18.7 Å². The predicted molar refractivity (Wildman–Crippen MR) is 75.5 cm³/mol. The van der Waals surface area contributed by atoms with Gasteiger partial charge in [-0.1, -0.05) is 25.1 Å². The van der Waals surface area contributed by atoms with Gasteiger partial charge >= 0.3 is 0 Å². The maximum atomic E-state index is 12.2. The third-order valence-corrected chi connectivity index (χ3v) is 3.30. The molecule has 0 spiro atoms. The fourth-order valence-corrected chi connectivity index (χ4v) is 2.31. The van der Waals surface area contributed by atoms with Gasteiger partial charge in [0.1, 0.15) is 5.75 Å². The van der Waals surface area contributed by atoms with Crippen LogP contribution in [0.2, 0.25) is 0 Å². The van der Waals surface area contributed by atoms with Gasteiger partial charge in [0.15, 0.2) is 0 Å². The van der Waals surface area contributed by atoms with Crippen LogP contribution < -0.4 is 15.4 Å². The van der Waals surface area contributed by atoms with Crippen LogP contribution in [-0.4, -0.2) is 32.1 Å². The van der Waals surface area contributed by atoms with Crippen LogP contribution in [0.4, 0.5) is 0 Å². The molecule has 0 saturated carbocycles. The summed E-state index contributed by atoms with van der Waals surface area (Å²) in [5, 5.41) is 6.27. The van der Waals surface area contributed by atoms with Crippen LogP contribution in [-0.2, 0) is 4.79 Å². The van der Waals surface area contributed by atoms with E-state index in [9.17, 15) is 4.79 Å². The van der Waals surface area contributed by atoms with Gasteiger partial charge in [-0.05, 0) is 25.5 Å². The Morgan fingerprint density at radius 2 is 2.16 bits per heavy atom. The SMILES string of the molecule is CCCNCCNC(=O)C1CCOc2ccccc21. The second-order valence-corrected chi connectivity index (χ2v) is 4.77. The summed E-state index contributed by atoms with van der Waals surface area (Å²) in [6.45, 7) is 5.24. The Hall–Kier alpha value is -1.55. The highest BCUT2D eigenvalue weighted by Crippen LogP contribution is 2.33. The normalized spacial score (nSPS) is 17.4. The molecule has 1 aromatic rings. The molecule has 1 heterocycles. The maximum absolute atomic E-state index is 12.2. The van der Waals surface area contributed by atoms with Crippen LogP contribution in [0, 0.1) is 0 Å². The van der Waals surface area contributed by atoms with E-state index in [1.807, 2.05) is 24.3 Å². The lowest BCUT2D eigenvalue weighted by Gasteiger charge is -2.25. The number of rotatable bonds is 6. The molecule has 0 saturated heterocycles. The zero-order valence-electron chi connectivity index (χ0n) is 11.4. The molecule has 1 atom stereocenters. The van der Waals surface area contributed by atoms with E-state index in [0.29, 0.717) is 13.2 Å². The van der Waals surface area contributed by atoms with Crippen molar-refractivity contribution in [2.45, 2.75) is 25.7 Å². The summed E-state index contributed by atoms with van der Waals surface area (Å²) in [4.78, 5) is 12.2. The molecule has 0 fully saturated rings. The lowest BCUT2D eigenvalue weighted by molar-refractivity contribution is -0.123. The molecule has 4 heteroatoms. The second-order valence-electron chi connectivity index (χ2n) is 4.77. The number of carbonyl (C=O) groups excluding carboxylic acids is 1. The molecular weight excluding hydrogens is 240 g/mol. The Bertz CT molecular complexity index is 420. The van der Waals surface area contributed by atoms with Gasteiger partial charge in [0.25, 0.3) is 0 Å². The summed E-state index contributed by atoms with van der Waals surface area (Å²) in [5.74, 6) is 0.878. The van der Waals surface area contributed by atoms with Gasteiger partial charge in [-0.15, -0.1) is 0 Å². The number of carbonyl (C=O) groups is 1. The fraction of sp³-hybridized carbons (Fsp3) is 0.533. The van der Waals surface area contributed by atoms with Crippen LogP contribution in [0.1, 0.15) is 31.2 Å². The number of hydrogen-bond acceptors (Lipinski definition) is 3. The lowest BCUT2D eigenvalue weighted by Crippen LogP contribution is -2.36. The number of ether oxygens (including phenoxy) is 1. The lowest BCUT2D eigenvalue weighted by atomic mass is 9.92. The van der Waals surface area contributed by atoms with Crippen molar-refractivity contribution < 1.29 is 9.53 Å². The zero-order chi connectivity index (χ0) is 13.5. The summed E-state index contributed by atoms with van der Waals surface area (Å²) in [7, 11) is 0. The van der Waals surface area contributed by atoms with Gasteiger partial charge in [0.05, 0.1) is 12.5 Å². The Labute approximate surface area is 114 Å². The van der Waals surface area contributed by atoms with Crippen LogP contribution in [0.15, 0.2) is 24.3 Å². The average Bonchev–Trinajstić information content (AvgIpc) is 2.46. The summed E-state index contributed by atoms with van der Waals surface area (Å²) in [5.41, 5.74) is 1.01. The van der Waals surface area contributed by atoms with Gasteiger partial charge in [-0.2, -0.15) is 0 Å². The van der Waals surface area contributed by atoms with Gasteiger partial charge < -0.3 is 15.4 Å². The minimum atomic E-state index is -0.0730. The molecule has 104 valence electrons. The van der Waals surface area contributed by atoms with Crippen LogP contribution in [0.25, 0.3) is 0 Å². The van der Waals surface area contributed by atoms with E-state index in [1.54, 1.807) is 0 Å². The first-order valence-corrected chi connectivity index (χ1v) is 7.03. The molecule has 0 radical (unpaired) electrons. The second kappa shape index (κ2) is 7.14. The van der Waals surface area contributed by atoms with Crippen LogP contribution in [0.3, 0.4) is 0 Å². The summed E-state index contributed by atoms with van der Waals surface area (Å²) in [6.07, 6.45) is 1.87. The summed E-state index contributed by atoms with van der Waals surface area (Å²) < 4.78 is 5.57. The zero-order valence-corrected chi connectivity index (χ0v) is 11.4. The van der Waals surface area contributed by atoms with E-state index >= 15 is 0 Å². The smallest absolute Gasteiger partial charge is 0.227 e. The molecule has 1 amide bonds. The van der Waals surface area contributed by atoms with Crippen molar-refractivity contribution in [1.29, 1.82) is 0 Å². The highest BCUT2D eigenvalue weighted by molar-refractivity contribution is 5.84. The minimum absolute atomic E-state index is 0.0730. The monoisotopic (exact) mass is 262 g/mol. The van der Waals surface area contributed by atoms with E-state index < -0.39 is 0 Å². The topological polar surface area (TPSA) is 50.4 Å². The molecule has 2 N–H and O–H groups in total. The highest BCUT2D eigenvalue weighted by atomic mass is 16.5. The fourth-order valence-electron chi connectivity index (χ4n) is 2.31. The third-order valence-electron chi connectivity index (χ3n) is 3.30. The van der Waals surface area contributed by atoms with E-state index in [0.717, 1.165) is 37.2 Å². The Balaban J connectivity index is 1.86. The standard InChI is InChI=1S/C15H22N2O2/c1-2-8-16-9-10-17-15(18)13-7-11-19-14-6-4-3-5-12(13)14/h3-6,13,16H,2,7-11H2,1H3,(H,17,18). The van der Waals surface area contributed by atoms with Crippen LogP contribution in [0.5, 0.6) is 5.75 Å². The van der Waals surface area contributed by atoms with Crippen molar-refractivity contribution in [2.24, 2.45) is 0 Å². The van der Waals surface area contributed by atoms with Gasteiger partial charge in [-0.3, -0.25) is 4.79 Å². The molecular formula is C15H22N2O2. The third kappa shape index (κ3) is 3.70. The van der Waals surface area contributed by atoms with Crippen molar-refractivity contribution in [3.63, 3.8) is 0 Å². The number of fused-ring (bicyclic) bond motifs is 1. The van der Waals surface area contributed by atoms with Crippen LogP contribution >= 0.6 is 0 Å². The molecule has 19 heavy (non-hydrogen) atoms. The molecule has 1 aliphatic rings. The minimum Gasteiger partial charge on any atom is -0.493 e. The predicted octanol–water partition coefficient (Wildman–Crippen LogP) is 1.67. The number of para-hydroxylation sites is 1. The summed E-state index contributed by atoms with van der Waals surface area (Å²) in [6, 6.07) is 7.80. The Morgan fingerprint density at radius 3 is 3.00 bits per heavy atom. The van der Waals surface area contributed by atoms with E-state index in [1.165, 1.54) is 0 Å². The maximum Gasteiger partial charge on any atom is 0.227 e. The Morgan fingerprint density at radius 1 is 1.32 bits per heavy atom. The number of benzene rings is 1. The molecule has 1 aromatic carbocycles. The first-order chi connectivity index (χ1) is 9.33. The highest BCUT2D eigenvalue weighted by Gasteiger charge is 2.26. The molecule has 0 bridgehead atoms. The van der Waals surface area contributed by atoms with Crippen molar-refractivity contribution >= 4 is 5.91 Å². The first-order valence-electron chi connectivity index (χ1n) is 7.03. The Kier molecular flexibility index (Phi) is 5.21. The summed E-state index contributed by atoms with van der Waals surface area (Å²) >= 11 is 0. The van der Waals surface area contributed by atoms with E-state index in [-0.39, 0.29) is 11.8 Å². The van der Waals surface area contributed by atoms with E-state index in [2.05, 4.69) is 17.6 Å². The molecule has 0 aliphatic carbocycles. The molecule has 4 nitrogen and oxygen atoms in total. The largest absolute Gasteiger partial charge is 0.493 e. The quantitative estimate of drug-likeness (QED) is 0.767. The average molecular weight is 262 g/mol. The molecule has 2 rings (SSSR count). The molecule has 1 unspecified atom stereocenters. The number of amides is 1.